The summed E-state index contributed by atoms with van der Waals surface area (Å²) in [5.41, 5.74) is -0.668. The molecular weight excluding hydrogens is 580 g/mol. The van der Waals surface area contributed by atoms with Crippen LogP contribution in [0.2, 0.25) is 0 Å². The van der Waals surface area contributed by atoms with Crippen LogP contribution in [0.5, 0.6) is 28.7 Å². The fourth-order valence-electron chi connectivity index (χ4n) is 5.12. The van der Waals surface area contributed by atoms with E-state index in [4.69, 9.17) is 18.6 Å². The molecule has 0 amide bonds. The van der Waals surface area contributed by atoms with Crippen LogP contribution in [0.15, 0.2) is 34.7 Å². The first-order chi connectivity index (χ1) is 20.4. The summed E-state index contributed by atoms with van der Waals surface area (Å²) in [6.07, 6.45) is -16.8. The molecule has 16 heteroatoms. The Balaban J connectivity index is 1.71. The summed E-state index contributed by atoms with van der Waals surface area (Å²) < 4.78 is 22.8. The molecule has 1 aromatic heterocycles. The summed E-state index contributed by atoms with van der Waals surface area (Å²) in [6, 6.07) is 5.42. The second kappa shape index (κ2) is 11.9. The molecule has 16 nitrogen and oxygen atoms in total. The Kier molecular flexibility index (Phi) is 8.52. The molecule has 43 heavy (non-hydrogen) atoms. The Labute approximate surface area is 241 Å². The Morgan fingerprint density at radius 2 is 1.28 bits per heavy atom. The van der Waals surface area contributed by atoms with Gasteiger partial charge in [0.25, 0.3) is 0 Å². The first kappa shape index (κ1) is 30.9. The van der Waals surface area contributed by atoms with Crippen LogP contribution in [-0.4, -0.2) is 130 Å². The Bertz CT molecular complexity index is 1480. The number of aliphatic hydroxyl groups excluding tert-OH is 8. The summed E-state index contributed by atoms with van der Waals surface area (Å²) in [6.45, 7) is -1.53. The van der Waals surface area contributed by atoms with Gasteiger partial charge in [-0.15, -0.1) is 0 Å². The average molecular weight is 612 g/mol. The molecule has 3 aromatic rings. The molecular formula is C27H31O16+. The van der Waals surface area contributed by atoms with Gasteiger partial charge in [-0.3, -0.25) is 0 Å². The standard InChI is InChI=1S/C27H30O16/c28-6-15-18(34)20(36)22(38)26(40-15)17-13(33)5-11(31)9-4-14(41-27-23(39)21(37)19(35)16(7-29)42-27)24(43-25(9)17)8-1-2-10(30)12(32)3-8/h1-5,15-16,18-23,26-29,34-39H,6-7H2,(H3-,30,31,32,33)/p+1/t15-,16-,18-,19-,20+,21+,22-,23-,26+,27-/m1/s1. The molecule has 0 spiro atoms. The number of hydrogen-bond acceptors (Lipinski definition) is 15. The van der Waals surface area contributed by atoms with E-state index in [0.717, 1.165) is 24.3 Å². The van der Waals surface area contributed by atoms with Crippen LogP contribution in [0.25, 0.3) is 22.3 Å². The maximum atomic E-state index is 10.8. The van der Waals surface area contributed by atoms with E-state index in [0.29, 0.717) is 0 Å². The summed E-state index contributed by atoms with van der Waals surface area (Å²) in [5.74, 6) is -2.99. The zero-order valence-corrected chi connectivity index (χ0v) is 22.1. The molecule has 2 fully saturated rings. The van der Waals surface area contributed by atoms with Crippen molar-refractivity contribution in [3.8, 4) is 40.1 Å². The highest BCUT2D eigenvalue weighted by atomic mass is 16.7. The van der Waals surface area contributed by atoms with Crippen molar-refractivity contribution in [1.82, 2.24) is 0 Å². The zero-order chi connectivity index (χ0) is 31.3. The van der Waals surface area contributed by atoms with Crippen LogP contribution in [0, 0.1) is 0 Å². The van der Waals surface area contributed by atoms with Gasteiger partial charge in [-0.2, -0.15) is 0 Å². The molecule has 10 atom stereocenters. The third kappa shape index (κ3) is 5.38. The predicted octanol–water partition coefficient (Wildman–Crippen LogP) is -2.10. The lowest BCUT2D eigenvalue weighted by Crippen LogP contribution is -2.60. The Morgan fingerprint density at radius 1 is 0.651 bits per heavy atom. The van der Waals surface area contributed by atoms with Gasteiger partial charge in [0.15, 0.2) is 11.5 Å². The van der Waals surface area contributed by atoms with E-state index < -0.39 is 97.4 Å². The number of rotatable bonds is 6. The Morgan fingerprint density at radius 3 is 1.91 bits per heavy atom. The highest BCUT2D eigenvalue weighted by Crippen LogP contribution is 2.48. The molecule has 0 radical (unpaired) electrons. The van der Waals surface area contributed by atoms with Gasteiger partial charge in [0, 0.05) is 18.2 Å². The van der Waals surface area contributed by atoms with E-state index in [1.807, 2.05) is 0 Å². The third-order valence-corrected chi connectivity index (χ3v) is 7.52. The number of fused-ring (bicyclic) bond motifs is 1. The number of hydrogen-bond donors (Lipinski definition) is 12. The summed E-state index contributed by atoms with van der Waals surface area (Å²) in [4.78, 5) is 0. The fourth-order valence-corrected chi connectivity index (χ4v) is 5.12. The molecule has 2 aromatic carbocycles. The molecule has 0 saturated carbocycles. The van der Waals surface area contributed by atoms with Gasteiger partial charge in [0.05, 0.1) is 18.8 Å². The van der Waals surface area contributed by atoms with Crippen molar-refractivity contribution in [1.29, 1.82) is 0 Å². The lowest BCUT2D eigenvalue weighted by molar-refractivity contribution is -0.277. The van der Waals surface area contributed by atoms with Gasteiger partial charge in [-0.05, 0) is 12.1 Å². The topological polar surface area (TPSA) is 282 Å². The predicted molar refractivity (Wildman–Crippen MR) is 140 cm³/mol. The van der Waals surface area contributed by atoms with E-state index in [2.05, 4.69) is 0 Å². The van der Waals surface area contributed by atoms with E-state index >= 15 is 0 Å². The van der Waals surface area contributed by atoms with Crippen LogP contribution in [0.4, 0.5) is 0 Å². The maximum Gasteiger partial charge on any atom is 0.402 e. The van der Waals surface area contributed by atoms with Gasteiger partial charge in [-0.25, -0.2) is 4.42 Å². The van der Waals surface area contributed by atoms with Crippen LogP contribution < -0.4 is 4.74 Å². The van der Waals surface area contributed by atoms with E-state index in [9.17, 15) is 61.3 Å². The summed E-state index contributed by atoms with van der Waals surface area (Å²) in [7, 11) is 0. The molecule has 2 aliphatic rings. The minimum atomic E-state index is -1.86. The van der Waals surface area contributed by atoms with Crippen molar-refractivity contribution in [3.63, 3.8) is 0 Å². The SMILES string of the molecule is OC[C@H]1O[C@@H](c2c(O)cc(O)c3cc(O[C@@H]4O[C@H](CO)[C@@H](O)[C@H](O)[C@H]4O)c(-c4ccc(O)c(O)c4)[o+]c23)[C@H](O)[C@@H](O)[C@@H]1O. The normalized spacial score (nSPS) is 33.0. The zero-order valence-electron chi connectivity index (χ0n) is 22.1. The van der Waals surface area contributed by atoms with Crippen molar-refractivity contribution in [3.05, 3.63) is 35.9 Å². The average Bonchev–Trinajstić information content (AvgIpc) is 2.98. The van der Waals surface area contributed by atoms with Gasteiger partial charge < -0.3 is 75.5 Å². The number of aliphatic hydroxyl groups is 8. The fraction of sp³-hybridized carbons (Fsp3) is 0.444. The molecule has 0 aliphatic carbocycles. The van der Waals surface area contributed by atoms with Crippen LogP contribution in [-0.2, 0) is 9.47 Å². The van der Waals surface area contributed by atoms with Crippen molar-refractivity contribution in [2.24, 2.45) is 0 Å². The third-order valence-electron chi connectivity index (χ3n) is 7.52. The number of phenols is 4. The molecule has 12 N–H and O–H groups in total. The molecule has 5 rings (SSSR count). The quantitative estimate of drug-likeness (QED) is 0.105. The molecule has 0 unspecified atom stereocenters. The first-order valence-corrected chi connectivity index (χ1v) is 13.0. The Hall–Kier alpha value is -3.55. The van der Waals surface area contributed by atoms with Gasteiger partial charge in [0.1, 0.15) is 77.4 Å². The van der Waals surface area contributed by atoms with Crippen molar-refractivity contribution in [2.45, 2.75) is 61.2 Å². The largest absolute Gasteiger partial charge is 0.507 e. The molecule has 0 bridgehead atoms. The highest BCUT2D eigenvalue weighted by molar-refractivity contribution is 5.91. The monoisotopic (exact) mass is 611 g/mol. The highest BCUT2D eigenvalue weighted by Gasteiger charge is 2.49. The van der Waals surface area contributed by atoms with E-state index in [-0.39, 0.29) is 33.6 Å². The number of phenolic OH excluding ortho intramolecular Hbond substituents is 4. The van der Waals surface area contributed by atoms with Crippen molar-refractivity contribution < 1.29 is 79.9 Å². The maximum absolute atomic E-state index is 10.8. The summed E-state index contributed by atoms with van der Waals surface area (Å²) in [5, 5.41) is 123. The van der Waals surface area contributed by atoms with Crippen LogP contribution in [0.1, 0.15) is 11.7 Å². The van der Waals surface area contributed by atoms with Gasteiger partial charge in [-0.1, -0.05) is 0 Å². The molecule has 234 valence electrons. The lowest BCUT2D eigenvalue weighted by Gasteiger charge is -2.39. The van der Waals surface area contributed by atoms with E-state index in [1.165, 1.54) is 6.07 Å². The van der Waals surface area contributed by atoms with Crippen molar-refractivity contribution >= 4 is 11.0 Å². The second-order valence-corrected chi connectivity index (χ2v) is 10.3. The molecule has 2 saturated heterocycles. The molecule has 2 aliphatic heterocycles. The number of benzene rings is 2. The first-order valence-electron chi connectivity index (χ1n) is 13.0. The van der Waals surface area contributed by atoms with Gasteiger partial charge in [0.2, 0.25) is 12.0 Å². The van der Waals surface area contributed by atoms with Crippen molar-refractivity contribution in [2.75, 3.05) is 13.2 Å². The van der Waals surface area contributed by atoms with E-state index in [1.54, 1.807) is 0 Å². The summed E-state index contributed by atoms with van der Waals surface area (Å²) >= 11 is 0. The lowest BCUT2D eigenvalue weighted by atomic mass is 9.89. The number of aromatic hydroxyl groups is 4. The van der Waals surface area contributed by atoms with Crippen LogP contribution in [0.3, 0.4) is 0 Å². The smallest absolute Gasteiger partial charge is 0.402 e. The van der Waals surface area contributed by atoms with Crippen LogP contribution >= 0.6 is 0 Å². The minimum absolute atomic E-state index is 0.0133. The second-order valence-electron chi connectivity index (χ2n) is 10.3. The number of ether oxygens (including phenoxy) is 3. The van der Waals surface area contributed by atoms with Gasteiger partial charge >= 0.3 is 11.3 Å². The molecule has 3 heterocycles. The minimum Gasteiger partial charge on any atom is -0.507 e.